The number of hydrazone groups is 1. The molecule has 21 heavy (non-hydrogen) atoms. The van der Waals surface area contributed by atoms with Crippen LogP contribution in [0.15, 0.2) is 29.4 Å². The summed E-state index contributed by atoms with van der Waals surface area (Å²) in [5.74, 6) is -1.62. The fourth-order valence-corrected chi connectivity index (χ4v) is 2.23. The van der Waals surface area contributed by atoms with E-state index in [1.165, 1.54) is 12.1 Å². The zero-order chi connectivity index (χ0) is 15.6. The number of benzene rings is 1. The molecule has 1 atom stereocenters. The van der Waals surface area contributed by atoms with Crippen molar-refractivity contribution in [3.8, 4) is 0 Å². The Morgan fingerprint density at radius 2 is 2.00 bits per heavy atom. The second kappa shape index (κ2) is 6.26. The molecule has 1 aliphatic heterocycles. The lowest BCUT2D eigenvalue weighted by molar-refractivity contribution is -0.149. The molecular weight excluding hydrogens is 292 g/mol. The predicted octanol–water partition coefficient (Wildman–Crippen LogP) is 2.88. The molecule has 1 heterocycles. The molecule has 0 aromatic heterocycles. The van der Waals surface area contributed by atoms with E-state index in [1.54, 1.807) is 24.3 Å². The Bertz CT molecular complexity index is 581. The fourth-order valence-electron chi connectivity index (χ4n) is 2.11. The van der Waals surface area contributed by atoms with Crippen molar-refractivity contribution in [1.82, 2.24) is 0 Å². The first-order valence-electron chi connectivity index (χ1n) is 6.68. The Balaban J connectivity index is 2.41. The smallest absolute Gasteiger partial charge is 0.318 e. The fraction of sp³-hybridized carbons (Fsp3) is 0.400. The van der Waals surface area contributed by atoms with Crippen LogP contribution in [0.1, 0.15) is 20.3 Å². The first kappa shape index (κ1) is 15.5. The highest BCUT2D eigenvalue weighted by atomic mass is 35.5. The highest BCUT2D eigenvalue weighted by molar-refractivity contribution is 6.30. The number of carbonyl (C=O) groups is 2. The van der Waals surface area contributed by atoms with Crippen LogP contribution in [0, 0.1) is 11.8 Å². The van der Waals surface area contributed by atoms with Crippen LogP contribution in [0.3, 0.4) is 0 Å². The van der Waals surface area contributed by atoms with Gasteiger partial charge in [0.1, 0.15) is 5.92 Å². The van der Waals surface area contributed by atoms with Gasteiger partial charge in [-0.25, -0.2) is 5.01 Å². The first-order valence-corrected chi connectivity index (χ1v) is 7.06. The largest absolute Gasteiger partial charge is 0.468 e. The van der Waals surface area contributed by atoms with E-state index in [-0.39, 0.29) is 11.8 Å². The topological polar surface area (TPSA) is 59.0 Å². The number of halogens is 1. The van der Waals surface area contributed by atoms with Crippen LogP contribution >= 0.6 is 11.6 Å². The van der Waals surface area contributed by atoms with E-state index < -0.39 is 11.9 Å². The van der Waals surface area contributed by atoms with Gasteiger partial charge in [-0.1, -0.05) is 25.4 Å². The van der Waals surface area contributed by atoms with Crippen LogP contribution in [0.4, 0.5) is 5.69 Å². The Labute approximate surface area is 128 Å². The van der Waals surface area contributed by atoms with Gasteiger partial charge in [0.2, 0.25) is 0 Å². The number of hydrogen-bond acceptors (Lipinski definition) is 4. The van der Waals surface area contributed by atoms with Crippen molar-refractivity contribution in [3.63, 3.8) is 0 Å². The molecule has 0 spiro atoms. The summed E-state index contributed by atoms with van der Waals surface area (Å²) < 4.78 is 4.73. The van der Waals surface area contributed by atoms with E-state index in [4.69, 9.17) is 16.3 Å². The van der Waals surface area contributed by atoms with Gasteiger partial charge in [0.25, 0.3) is 5.91 Å². The third-order valence-corrected chi connectivity index (χ3v) is 3.62. The Hall–Kier alpha value is -1.88. The minimum Gasteiger partial charge on any atom is -0.468 e. The van der Waals surface area contributed by atoms with E-state index in [0.29, 0.717) is 17.1 Å². The quantitative estimate of drug-likeness (QED) is 0.637. The minimum absolute atomic E-state index is 0.139. The molecule has 6 heteroatoms. The number of esters is 1. The molecule has 1 aromatic rings. The van der Waals surface area contributed by atoms with Crippen molar-refractivity contribution in [1.29, 1.82) is 0 Å². The highest BCUT2D eigenvalue weighted by Gasteiger charge is 2.38. The van der Waals surface area contributed by atoms with Gasteiger partial charge in [-0.2, -0.15) is 5.10 Å². The lowest BCUT2D eigenvalue weighted by Gasteiger charge is -2.29. The molecule has 0 bridgehead atoms. The lowest BCUT2D eigenvalue weighted by atomic mass is 9.93. The molecule has 0 saturated carbocycles. The molecule has 112 valence electrons. The number of rotatable bonds is 3. The minimum atomic E-state index is -0.847. The van der Waals surface area contributed by atoms with Gasteiger partial charge in [0.05, 0.1) is 12.8 Å². The third kappa shape index (κ3) is 3.24. The molecule has 0 saturated heterocycles. The molecule has 0 N–H and O–H groups in total. The molecule has 0 radical (unpaired) electrons. The van der Waals surface area contributed by atoms with E-state index in [1.807, 2.05) is 13.8 Å². The monoisotopic (exact) mass is 308 g/mol. The van der Waals surface area contributed by atoms with Crippen molar-refractivity contribution >= 4 is 34.9 Å². The van der Waals surface area contributed by atoms with Gasteiger partial charge < -0.3 is 4.74 Å². The maximum Gasteiger partial charge on any atom is 0.318 e. The Morgan fingerprint density at radius 1 is 1.38 bits per heavy atom. The number of ether oxygens (including phenoxy) is 1. The molecular formula is C15H17ClN2O3. The van der Waals surface area contributed by atoms with E-state index in [9.17, 15) is 9.59 Å². The lowest BCUT2D eigenvalue weighted by Crippen LogP contribution is -2.43. The van der Waals surface area contributed by atoms with Crippen LogP contribution in [0.25, 0.3) is 0 Å². The molecule has 1 unspecified atom stereocenters. The van der Waals surface area contributed by atoms with E-state index in [0.717, 1.165) is 5.71 Å². The van der Waals surface area contributed by atoms with Crippen LogP contribution < -0.4 is 5.01 Å². The van der Waals surface area contributed by atoms with Crippen molar-refractivity contribution in [2.45, 2.75) is 20.3 Å². The maximum absolute atomic E-state index is 12.5. The number of methoxy groups -OCH3 is 1. The second-order valence-corrected chi connectivity index (χ2v) is 5.59. The summed E-state index contributed by atoms with van der Waals surface area (Å²) in [6.07, 6.45) is 0.299. The number of nitrogens with zero attached hydrogens (tertiary/aromatic N) is 2. The predicted molar refractivity (Wildman–Crippen MR) is 81.3 cm³/mol. The molecule has 0 fully saturated rings. The summed E-state index contributed by atoms with van der Waals surface area (Å²) in [5, 5.41) is 6.21. The molecule has 2 rings (SSSR count). The van der Waals surface area contributed by atoms with Gasteiger partial charge in [-0.3, -0.25) is 9.59 Å². The van der Waals surface area contributed by atoms with Gasteiger partial charge >= 0.3 is 5.97 Å². The molecule has 1 aliphatic rings. The number of carbonyl (C=O) groups excluding carboxylic acids is 2. The third-order valence-electron chi connectivity index (χ3n) is 3.37. The number of hydrogen-bond donors (Lipinski definition) is 0. The average Bonchev–Trinajstić information content (AvgIpc) is 2.47. The Kier molecular flexibility index (Phi) is 4.63. The van der Waals surface area contributed by atoms with Gasteiger partial charge in [-0.05, 0) is 30.2 Å². The highest BCUT2D eigenvalue weighted by Crippen LogP contribution is 2.27. The van der Waals surface area contributed by atoms with Crippen molar-refractivity contribution < 1.29 is 14.3 Å². The van der Waals surface area contributed by atoms with Gasteiger partial charge in [0.15, 0.2) is 0 Å². The van der Waals surface area contributed by atoms with Crippen LogP contribution in [-0.4, -0.2) is 24.7 Å². The number of anilines is 1. The summed E-state index contributed by atoms with van der Waals surface area (Å²) in [5.41, 5.74) is 1.37. The molecule has 0 aliphatic carbocycles. The van der Waals surface area contributed by atoms with E-state index in [2.05, 4.69) is 5.10 Å². The zero-order valence-electron chi connectivity index (χ0n) is 12.2. The van der Waals surface area contributed by atoms with Crippen LogP contribution in [0.5, 0.6) is 0 Å². The summed E-state index contributed by atoms with van der Waals surface area (Å²) in [6, 6.07) is 6.75. The normalized spacial score (nSPS) is 18.7. The van der Waals surface area contributed by atoms with E-state index >= 15 is 0 Å². The molecule has 1 aromatic carbocycles. The second-order valence-electron chi connectivity index (χ2n) is 5.15. The maximum atomic E-state index is 12.5. The zero-order valence-corrected chi connectivity index (χ0v) is 12.9. The first-order chi connectivity index (χ1) is 9.93. The molecule has 5 nitrogen and oxygen atoms in total. The van der Waals surface area contributed by atoms with Crippen molar-refractivity contribution in [2.75, 3.05) is 12.1 Å². The summed E-state index contributed by atoms with van der Waals surface area (Å²) in [7, 11) is 1.28. The summed E-state index contributed by atoms with van der Waals surface area (Å²) in [6.45, 7) is 3.95. The van der Waals surface area contributed by atoms with Crippen LogP contribution in [0.2, 0.25) is 5.02 Å². The van der Waals surface area contributed by atoms with Crippen molar-refractivity contribution in [3.05, 3.63) is 29.3 Å². The summed E-state index contributed by atoms with van der Waals surface area (Å²) in [4.78, 5) is 24.3. The summed E-state index contributed by atoms with van der Waals surface area (Å²) >= 11 is 5.85. The van der Waals surface area contributed by atoms with Gasteiger partial charge in [-0.15, -0.1) is 0 Å². The SMILES string of the molecule is COC(=O)C1CC(C(C)C)=NN(c2ccc(Cl)cc2)C1=O. The molecule has 1 amide bonds. The van der Waals surface area contributed by atoms with Crippen LogP contribution in [-0.2, 0) is 14.3 Å². The number of amides is 1. The Morgan fingerprint density at radius 3 is 2.52 bits per heavy atom. The standard InChI is InChI=1S/C15H17ClN2O3/c1-9(2)13-8-12(15(20)21-3)14(19)18(17-13)11-6-4-10(16)5-7-11/h4-7,9,12H,8H2,1-3H3. The van der Waals surface area contributed by atoms with Gasteiger partial charge in [0, 0.05) is 17.2 Å². The average molecular weight is 309 g/mol. The van der Waals surface area contributed by atoms with Crippen molar-refractivity contribution in [2.24, 2.45) is 16.9 Å².